The minimum Gasteiger partial charge on any atom is -0.497 e. The maximum absolute atomic E-state index is 13.3. The average Bonchev–Trinajstić information content (AvgIpc) is 3.11. The second-order valence-corrected chi connectivity index (χ2v) is 12.8. The Balaban J connectivity index is 1.01. The van der Waals surface area contributed by atoms with Crippen LogP contribution in [-0.4, -0.2) is 74.1 Å². The first-order valence-electron chi connectivity index (χ1n) is 16.0. The molecule has 0 saturated carbocycles. The molecule has 2 aromatic heterocycles. The van der Waals surface area contributed by atoms with Gasteiger partial charge in [-0.05, 0) is 93.6 Å². The molecule has 0 radical (unpaired) electrons. The third-order valence-corrected chi connectivity index (χ3v) is 9.35. The van der Waals surface area contributed by atoms with Crippen molar-refractivity contribution in [3.8, 4) is 11.5 Å². The van der Waals surface area contributed by atoms with E-state index in [2.05, 4.69) is 25.5 Å². The summed E-state index contributed by atoms with van der Waals surface area (Å²) in [5, 5.41) is 7.74. The summed E-state index contributed by atoms with van der Waals surface area (Å²) in [7, 11) is 5.03. The van der Waals surface area contributed by atoms with Crippen LogP contribution < -0.4 is 31.0 Å². The predicted molar refractivity (Wildman–Crippen MR) is 199 cm³/mol. The molecule has 2 heterocycles. The first-order valence-corrected chi connectivity index (χ1v) is 16.8. The Bertz CT molecular complexity index is 2240. The van der Waals surface area contributed by atoms with Gasteiger partial charge < -0.3 is 35.0 Å². The highest BCUT2D eigenvalue weighted by molar-refractivity contribution is 6.37. The van der Waals surface area contributed by atoms with Gasteiger partial charge in [-0.15, -0.1) is 0 Å². The number of rotatable bonds is 12. The van der Waals surface area contributed by atoms with Gasteiger partial charge >= 0.3 is 0 Å². The Morgan fingerprint density at radius 3 is 1.50 bits per heavy atom. The fourth-order valence-corrected chi connectivity index (χ4v) is 6.56. The minimum absolute atomic E-state index is 0.249. The monoisotopic (exact) mass is 715 g/mol. The Hall–Kier alpha value is -5.10. The summed E-state index contributed by atoms with van der Waals surface area (Å²) < 4.78 is 10.5. The van der Waals surface area contributed by atoms with Crippen LogP contribution in [0.15, 0.2) is 70.3 Å². The highest BCUT2D eigenvalue weighted by atomic mass is 35.5. The molecule has 0 atom stereocenters. The van der Waals surface area contributed by atoms with Gasteiger partial charge in [0, 0.05) is 23.9 Å². The summed E-state index contributed by atoms with van der Waals surface area (Å²) in [4.78, 5) is 61.5. The lowest BCUT2D eigenvalue weighted by Gasteiger charge is -2.17. The second-order valence-electron chi connectivity index (χ2n) is 11.9. The number of nitrogens with one attached hydrogen (secondary N) is 4. The molecule has 0 saturated heterocycles. The maximum atomic E-state index is 13.3. The number of amides is 2. The lowest BCUT2D eigenvalue weighted by atomic mass is 10.1. The highest BCUT2D eigenvalue weighted by Crippen LogP contribution is 2.28. The molecule has 13 heteroatoms. The number of H-pyrrole nitrogens is 2. The average molecular weight is 717 g/mol. The van der Waals surface area contributed by atoms with E-state index in [4.69, 9.17) is 32.7 Å². The zero-order valence-electron chi connectivity index (χ0n) is 27.7. The lowest BCUT2D eigenvalue weighted by molar-refractivity contribution is 0.0947. The number of fused-ring (bicyclic) bond motifs is 4. The fourth-order valence-electron chi connectivity index (χ4n) is 6.07. The van der Waals surface area contributed by atoms with Crippen LogP contribution in [0.3, 0.4) is 0 Å². The molecule has 0 aliphatic heterocycles. The number of benzene rings is 4. The van der Waals surface area contributed by atoms with Gasteiger partial charge in [0.05, 0.1) is 68.2 Å². The molecule has 0 aliphatic rings. The first kappa shape index (κ1) is 34.8. The van der Waals surface area contributed by atoms with Crippen molar-refractivity contribution in [1.82, 2.24) is 25.5 Å². The van der Waals surface area contributed by atoms with Crippen molar-refractivity contribution in [3.05, 3.63) is 102 Å². The van der Waals surface area contributed by atoms with E-state index in [-0.39, 0.29) is 43.5 Å². The van der Waals surface area contributed by atoms with E-state index in [0.717, 1.165) is 0 Å². The van der Waals surface area contributed by atoms with Gasteiger partial charge in [-0.3, -0.25) is 19.2 Å². The van der Waals surface area contributed by atoms with E-state index in [9.17, 15) is 19.2 Å². The molecule has 11 nitrogen and oxygen atoms in total. The van der Waals surface area contributed by atoms with Crippen LogP contribution in [0.2, 0.25) is 10.0 Å². The van der Waals surface area contributed by atoms with E-state index in [1.54, 1.807) is 60.7 Å². The number of hydrogen-bond acceptors (Lipinski definition) is 7. The normalized spacial score (nSPS) is 11.5. The number of ether oxygens (including phenoxy) is 2. The van der Waals surface area contributed by atoms with Gasteiger partial charge in [0.2, 0.25) is 0 Å². The molecule has 0 unspecified atom stereocenters. The number of carbonyl (C=O) groups excluding carboxylic acids is 2. The molecule has 0 fully saturated rings. The van der Waals surface area contributed by atoms with Gasteiger partial charge in [-0.25, -0.2) is 0 Å². The number of methoxy groups -OCH3 is 2. The van der Waals surface area contributed by atoms with Crippen molar-refractivity contribution in [3.63, 3.8) is 0 Å². The van der Waals surface area contributed by atoms with Crippen molar-refractivity contribution in [2.75, 3.05) is 47.4 Å². The summed E-state index contributed by atoms with van der Waals surface area (Å²) in [5.74, 6) is 0.459. The summed E-state index contributed by atoms with van der Waals surface area (Å²) in [6.45, 7) is 2.25. The number of carbonyl (C=O) groups is 2. The first-order chi connectivity index (χ1) is 24.1. The smallest absolute Gasteiger partial charge is 0.253 e. The van der Waals surface area contributed by atoms with E-state index >= 15 is 0 Å². The quantitative estimate of drug-likeness (QED) is 0.0916. The largest absolute Gasteiger partial charge is 0.497 e. The van der Waals surface area contributed by atoms with Crippen molar-refractivity contribution in [1.29, 1.82) is 0 Å². The molecule has 0 spiro atoms. The maximum Gasteiger partial charge on any atom is 0.253 e. The number of hydrogen-bond donors (Lipinski definition) is 4. The molecule has 258 valence electrons. The number of aromatic nitrogens is 2. The van der Waals surface area contributed by atoms with Crippen LogP contribution in [0.5, 0.6) is 11.5 Å². The van der Waals surface area contributed by atoms with E-state index < -0.39 is 0 Å². The standard InChI is InChI=1S/C37H35Cl2N5O6/c1-44(16-4-14-40-36(47)22-8-10-26(38)30-32(22)42-28-12-6-20(49-2)18-24(28)34(30)45)17-5-15-41-37(48)23-9-11-27(39)31-33(23)43-29-13-7-21(50-3)19-25(29)35(31)46/h6-13,18-19H,4-5,14-17H2,1-3H3,(H,40,47)(H,41,48)(H,42,45)(H,43,46). The molecule has 6 aromatic rings. The second kappa shape index (κ2) is 14.8. The molecule has 2 amide bonds. The molecule has 50 heavy (non-hydrogen) atoms. The van der Waals surface area contributed by atoms with E-state index in [0.29, 0.717) is 94.5 Å². The molecule has 4 aromatic carbocycles. The van der Waals surface area contributed by atoms with Gasteiger partial charge in [-0.2, -0.15) is 0 Å². The molecule has 0 aliphatic carbocycles. The predicted octanol–water partition coefficient (Wildman–Crippen LogP) is 5.87. The van der Waals surface area contributed by atoms with Crippen molar-refractivity contribution in [2.45, 2.75) is 12.8 Å². The zero-order valence-corrected chi connectivity index (χ0v) is 29.2. The van der Waals surface area contributed by atoms with Crippen LogP contribution in [0.1, 0.15) is 33.6 Å². The summed E-state index contributed by atoms with van der Waals surface area (Å²) in [6, 6.07) is 16.6. The number of halogens is 2. The number of nitrogens with zero attached hydrogens (tertiary/aromatic N) is 1. The SMILES string of the molecule is COc1ccc2[nH]c3c(C(=O)NCCCN(C)CCCNC(=O)c4ccc(Cl)c5c(=O)c6cc(OC)ccc6[nH]c45)ccc(Cl)c3c(=O)c2c1. The number of pyridine rings is 2. The third kappa shape index (κ3) is 6.84. The van der Waals surface area contributed by atoms with E-state index in [1.165, 1.54) is 14.2 Å². The highest BCUT2D eigenvalue weighted by Gasteiger charge is 2.19. The fraction of sp³-hybridized carbons (Fsp3) is 0.243. The molecule has 4 N–H and O–H groups in total. The summed E-state index contributed by atoms with van der Waals surface area (Å²) in [6.07, 6.45) is 1.37. The van der Waals surface area contributed by atoms with Crippen LogP contribution in [0, 0.1) is 0 Å². The topological polar surface area (TPSA) is 146 Å². The minimum atomic E-state index is -0.315. The lowest BCUT2D eigenvalue weighted by Crippen LogP contribution is -2.31. The van der Waals surface area contributed by atoms with Gasteiger partial charge in [0.1, 0.15) is 11.5 Å². The molecular weight excluding hydrogens is 681 g/mol. The molecular formula is C37H35Cl2N5O6. The van der Waals surface area contributed by atoms with Crippen LogP contribution in [-0.2, 0) is 0 Å². The Kier molecular flexibility index (Phi) is 10.3. The summed E-state index contributed by atoms with van der Waals surface area (Å²) in [5.41, 5.74) is 2.00. The van der Waals surface area contributed by atoms with Crippen LogP contribution in [0.25, 0.3) is 43.6 Å². The van der Waals surface area contributed by atoms with Crippen molar-refractivity contribution < 1.29 is 19.1 Å². The Morgan fingerprint density at radius 1 is 0.680 bits per heavy atom. The van der Waals surface area contributed by atoms with Crippen LogP contribution in [0.4, 0.5) is 0 Å². The third-order valence-electron chi connectivity index (χ3n) is 8.72. The van der Waals surface area contributed by atoms with Gasteiger partial charge in [-0.1, -0.05) is 23.2 Å². The molecule has 6 rings (SSSR count). The molecule has 0 bridgehead atoms. The Labute approximate surface area is 296 Å². The number of aromatic amines is 2. The van der Waals surface area contributed by atoms with Gasteiger partial charge in [0.15, 0.2) is 10.9 Å². The van der Waals surface area contributed by atoms with Gasteiger partial charge in [0.25, 0.3) is 11.8 Å². The Morgan fingerprint density at radius 2 is 1.10 bits per heavy atom. The van der Waals surface area contributed by atoms with Crippen molar-refractivity contribution in [2.24, 2.45) is 0 Å². The van der Waals surface area contributed by atoms with Crippen molar-refractivity contribution >= 4 is 78.6 Å². The van der Waals surface area contributed by atoms with E-state index in [1.807, 2.05) is 7.05 Å². The summed E-state index contributed by atoms with van der Waals surface area (Å²) >= 11 is 12.8. The van der Waals surface area contributed by atoms with Crippen LogP contribution >= 0.6 is 23.2 Å². The zero-order chi connectivity index (χ0) is 35.5.